The van der Waals surface area contributed by atoms with E-state index >= 15 is 0 Å². The zero-order chi connectivity index (χ0) is 15.9. The van der Waals surface area contributed by atoms with Gasteiger partial charge in [0.1, 0.15) is 5.56 Å². The van der Waals surface area contributed by atoms with Crippen LogP contribution in [0.2, 0.25) is 0 Å². The number of nitrogens with one attached hydrogen (secondary N) is 1. The van der Waals surface area contributed by atoms with E-state index in [0.29, 0.717) is 4.96 Å². The van der Waals surface area contributed by atoms with Crippen LogP contribution in [0.1, 0.15) is 31.1 Å². The van der Waals surface area contributed by atoms with E-state index in [-0.39, 0.29) is 5.56 Å². The van der Waals surface area contributed by atoms with Crippen molar-refractivity contribution in [2.75, 3.05) is 0 Å². The molecule has 0 atom stereocenters. The molecule has 22 heavy (non-hydrogen) atoms. The maximum absolute atomic E-state index is 12.6. The van der Waals surface area contributed by atoms with Crippen LogP contribution in [0.5, 0.6) is 0 Å². The van der Waals surface area contributed by atoms with Gasteiger partial charge >= 0.3 is 0 Å². The molecular formula is C15H15N3O3S. The number of carbonyl (C=O) groups excluding carboxylic acids is 1. The van der Waals surface area contributed by atoms with Gasteiger partial charge in [-0.05, 0) is 32.9 Å². The number of thiazole rings is 1. The minimum absolute atomic E-state index is 0.0506. The minimum atomic E-state index is -0.600. The summed E-state index contributed by atoms with van der Waals surface area (Å²) in [6.07, 6.45) is 1.29. The number of hydrogen-bond acceptors (Lipinski definition) is 5. The van der Waals surface area contributed by atoms with Crippen molar-refractivity contribution in [1.82, 2.24) is 14.9 Å². The van der Waals surface area contributed by atoms with Crippen LogP contribution >= 0.6 is 11.3 Å². The van der Waals surface area contributed by atoms with Crippen molar-refractivity contribution in [2.45, 2.75) is 26.4 Å². The standard InChI is InChI=1S/C15H15N3O3S/c1-15(2,3)21-17-12(19)9-8-16-14-18(13(9)20)10-6-4-5-7-11(10)22-14/h4-8H,1-3H3,(H,17,19). The Kier molecular flexibility index (Phi) is 3.46. The van der Waals surface area contributed by atoms with Crippen molar-refractivity contribution < 1.29 is 9.63 Å². The number of aromatic nitrogens is 2. The van der Waals surface area contributed by atoms with Gasteiger partial charge in [0.2, 0.25) is 0 Å². The van der Waals surface area contributed by atoms with Crippen molar-refractivity contribution >= 4 is 32.4 Å². The lowest BCUT2D eigenvalue weighted by Crippen LogP contribution is -2.36. The van der Waals surface area contributed by atoms with Crippen LogP contribution in [-0.2, 0) is 4.84 Å². The Hall–Kier alpha value is -2.25. The fourth-order valence-electron chi connectivity index (χ4n) is 1.96. The van der Waals surface area contributed by atoms with E-state index in [1.165, 1.54) is 21.9 Å². The quantitative estimate of drug-likeness (QED) is 0.737. The lowest BCUT2D eigenvalue weighted by atomic mass is 10.2. The van der Waals surface area contributed by atoms with Gasteiger partial charge in [-0.2, -0.15) is 0 Å². The van der Waals surface area contributed by atoms with E-state index in [1.54, 1.807) is 20.8 Å². The van der Waals surface area contributed by atoms with E-state index in [4.69, 9.17) is 4.84 Å². The Morgan fingerprint density at radius 3 is 2.77 bits per heavy atom. The fourth-order valence-corrected chi connectivity index (χ4v) is 2.95. The van der Waals surface area contributed by atoms with Gasteiger partial charge in [0.05, 0.1) is 15.8 Å². The molecule has 1 aromatic carbocycles. The molecule has 3 aromatic rings. The molecule has 2 heterocycles. The number of fused-ring (bicyclic) bond motifs is 3. The van der Waals surface area contributed by atoms with Gasteiger partial charge in [-0.1, -0.05) is 23.5 Å². The molecule has 0 radical (unpaired) electrons. The second kappa shape index (κ2) is 5.19. The summed E-state index contributed by atoms with van der Waals surface area (Å²) in [5.74, 6) is -0.600. The molecule has 0 aliphatic carbocycles. The van der Waals surface area contributed by atoms with Crippen LogP contribution < -0.4 is 11.0 Å². The molecule has 0 saturated carbocycles. The zero-order valence-electron chi connectivity index (χ0n) is 12.4. The van der Waals surface area contributed by atoms with E-state index < -0.39 is 17.1 Å². The van der Waals surface area contributed by atoms with E-state index in [9.17, 15) is 9.59 Å². The molecule has 2 aromatic heterocycles. The third kappa shape index (κ3) is 2.60. The highest BCUT2D eigenvalue weighted by atomic mass is 32.1. The first kappa shape index (κ1) is 14.7. The molecule has 1 N–H and O–H groups in total. The molecule has 1 amide bonds. The summed E-state index contributed by atoms with van der Waals surface area (Å²) in [4.78, 5) is 34.7. The van der Waals surface area contributed by atoms with Gasteiger partial charge in [-0.15, -0.1) is 0 Å². The van der Waals surface area contributed by atoms with Gasteiger partial charge in [0.25, 0.3) is 11.5 Å². The Morgan fingerprint density at radius 1 is 1.32 bits per heavy atom. The van der Waals surface area contributed by atoms with Gasteiger partial charge in [-0.3, -0.25) is 18.8 Å². The highest BCUT2D eigenvalue weighted by molar-refractivity contribution is 7.23. The molecule has 0 aliphatic heterocycles. The topological polar surface area (TPSA) is 72.7 Å². The van der Waals surface area contributed by atoms with Crippen molar-refractivity contribution in [1.29, 1.82) is 0 Å². The lowest BCUT2D eigenvalue weighted by Gasteiger charge is -2.18. The van der Waals surface area contributed by atoms with Crippen molar-refractivity contribution in [3.8, 4) is 0 Å². The summed E-state index contributed by atoms with van der Waals surface area (Å²) >= 11 is 1.40. The first-order valence-electron chi connectivity index (χ1n) is 6.74. The number of hydrogen-bond donors (Lipinski definition) is 1. The van der Waals surface area contributed by atoms with Gasteiger partial charge in [0.15, 0.2) is 4.96 Å². The fraction of sp³-hybridized carbons (Fsp3) is 0.267. The van der Waals surface area contributed by atoms with Crippen LogP contribution in [0.4, 0.5) is 0 Å². The number of nitrogens with zero attached hydrogens (tertiary/aromatic N) is 2. The molecular weight excluding hydrogens is 302 g/mol. The van der Waals surface area contributed by atoms with Gasteiger partial charge in [0, 0.05) is 6.20 Å². The molecule has 6 nitrogen and oxygen atoms in total. The normalized spacial score (nSPS) is 12.0. The van der Waals surface area contributed by atoms with Gasteiger partial charge in [-0.25, -0.2) is 10.5 Å². The number of para-hydroxylation sites is 1. The molecule has 114 valence electrons. The third-order valence-electron chi connectivity index (χ3n) is 2.93. The number of rotatable bonds is 2. The van der Waals surface area contributed by atoms with Crippen molar-refractivity contribution in [2.24, 2.45) is 0 Å². The average molecular weight is 317 g/mol. The highest BCUT2D eigenvalue weighted by Gasteiger charge is 2.19. The minimum Gasteiger partial charge on any atom is -0.268 e. The summed E-state index contributed by atoms with van der Waals surface area (Å²) in [7, 11) is 0. The molecule has 0 aliphatic rings. The second-order valence-corrected chi connectivity index (χ2v) is 6.82. The monoisotopic (exact) mass is 317 g/mol. The summed E-state index contributed by atoms with van der Waals surface area (Å²) in [5.41, 5.74) is 2.04. The van der Waals surface area contributed by atoms with Crippen LogP contribution in [0, 0.1) is 0 Å². The molecule has 0 fully saturated rings. The average Bonchev–Trinajstić information content (AvgIpc) is 2.83. The number of amides is 1. The van der Waals surface area contributed by atoms with Crippen LogP contribution in [0.25, 0.3) is 15.2 Å². The first-order valence-corrected chi connectivity index (χ1v) is 7.56. The predicted octanol–water partition coefficient (Wildman–Crippen LogP) is 2.37. The molecule has 3 rings (SSSR count). The van der Waals surface area contributed by atoms with Crippen LogP contribution in [-0.4, -0.2) is 20.9 Å². The molecule has 7 heteroatoms. The van der Waals surface area contributed by atoms with E-state index in [0.717, 1.165) is 10.2 Å². The zero-order valence-corrected chi connectivity index (χ0v) is 13.2. The molecule has 0 unspecified atom stereocenters. The first-order chi connectivity index (χ1) is 10.4. The maximum atomic E-state index is 12.6. The molecule has 0 saturated heterocycles. The number of hydroxylamine groups is 1. The summed E-state index contributed by atoms with van der Waals surface area (Å²) < 4.78 is 2.39. The Balaban J connectivity index is 2.08. The van der Waals surface area contributed by atoms with Gasteiger partial charge < -0.3 is 0 Å². The predicted molar refractivity (Wildman–Crippen MR) is 85.1 cm³/mol. The Bertz CT molecular complexity index is 921. The summed E-state index contributed by atoms with van der Waals surface area (Å²) in [6.45, 7) is 5.40. The van der Waals surface area contributed by atoms with Crippen LogP contribution in [0.3, 0.4) is 0 Å². The summed E-state index contributed by atoms with van der Waals surface area (Å²) in [5, 5.41) is 0. The largest absolute Gasteiger partial charge is 0.282 e. The Labute approximate surface area is 130 Å². The highest BCUT2D eigenvalue weighted by Crippen LogP contribution is 2.23. The van der Waals surface area contributed by atoms with E-state index in [2.05, 4.69) is 10.5 Å². The molecule has 0 bridgehead atoms. The smallest absolute Gasteiger partial charge is 0.268 e. The lowest BCUT2D eigenvalue weighted by molar-refractivity contribution is -0.0590. The summed E-state index contributed by atoms with van der Waals surface area (Å²) in [6, 6.07) is 7.48. The second-order valence-electron chi connectivity index (χ2n) is 5.81. The van der Waals surface area contributed by atoms with Crippen molar-refractivity contribution in [3.05, 3.63) is 46.4 Å². The van der Waals surface area contributed by atoms with Crippen LogP contribution in [0.15, 0.2) is 35.3 Å². The Morgan fingerprint density at radius 2 is 2.05 bits per heavy atom. The maximum Gasteiger partial charge on any atom is 0.282 e. The number of carbonyl (C=O) groups is 1. The van der Waals surface area contributed by atoms with Crippen molar-refractivity contribution in [3.63, 3.8) is 0 Å². The molecule has 0 spiro atoms. The van der Waals surface area contributed by atoms with E-state index in [1.807, 2.05) is 24.3 Å². The third-order valence-corrected chi connectivity index (χ3v) is 3.97. The SMILES string of the molecule is CC(C)(C)ONC(=O)c1cnc2sc3ccccc3n2c1=O. The number of benzene rings is 1.